The number of anilines is 1. The number of ether oxygens (including phenoxy) is 1. The van der Waals surface area contributed by atoms with Crippen LogP contribution in [-0.4, -0.2) is 74.2 Å². The number of carbonyl (C=O) groups is 3. The summed E-state index contributed by atoms with van der Waals surface area (Å²) in [5.41, 5.74) is 4.59. The molecule has 0 unspecified atom stereocenters. The molecule has 1 aromatic carbocycles. The Hall–Kier alpha value is -4.08. The van der Waals surface area contributed by atoms with Gasteiger partial charge in [0.05, 0.1) is 18.0 Å². The van der Waals surface area contributed by atoms with Gasteiger partial charge in [0, 0.05) is 44.0 Å². The van der Waals surface area contributed by atoms with Crippen LogP contribution in [0.1, 0.15) is 29.5 Å². The predicted molar refractivity (Wildman–Crippen MR) is 132 cm³/mol. The Morgan fingerprint density at radius 3 is 2.78 bits per heavy atom. The summed E-state index contributed by atoms with van der Waals surface area (Å²) in [7, 11) is 0. The molecule has 188 valence electrons. The molecular weight excluding hydrogens is 462 g/mol. The number of para-hydroxylation sites is 1. The van der Waals surface area contributed by atoms with Crippen LogP contribution >= 0.6 is 0 Å². The Kier molecular flexibility index (Phi) is 6.49. The second-order valence-electron chi connectivity index (χ2n) is 9.38. The van der Waals surface area contributed by atoms with Crippen molar-refractivity contribution in [3.63, 3.8) is 0 Å². The number of nitrogens with one attached hydrogen (secondary N) is 1. The molecule has 2 aliphatic rings. The number of carbonyl (C=O) groups excluding carboxylic acids is 2. The largest absolute Gasteiger partial charge is 0.478 e. The molecule has 0 spiro atoms. The van der Waals surface area contributed by atoms with E-state index in [1.807, 2.05) is 46.6 Å². The first kappa shape index (κ1) is 23.7. The molecule has 5 rings (SSSR count). The van der Waals surface area contributed by atoms with Crippen molar-refractivity contribution in [2.45, 2.75) is 44.8 Å². The van der Waals surface area contributed by atoms with E-state index in [0.29, 0.717) is 32.5 Å². The highest BCUT2D eigenvalue weighted by atomic mass is 16.6. The number of hydrogen-bond acceptors (Lipinski definition) is 5. The van der Waals surface area contributed by atoms with Crippen molar-refractivity contribution < 1.29 is 24.2 Å². The van der Waals surface area contributed by atoms with Gasteiger partial charge in [0.15, 0.2) is 0 Å². The minimum Gasteiger partial charge on any atom is -0.478 e. The highest BCUT2D eigenvalue weighted by Gasteiger charge is 2.33. The number of pyridine rings is 1. The van der Waals surface area contributed by atoms with Crippen molar-refractivity contribution in [3.8, 4) is 0 Å². The van der Waals surface area contributed by atoms with Gasteiger partial charge in [0.2, 0.25) is 6.10 Å². The third-order valence-electron chi connectivity index (χ3n) is 7.02. The zero-order valence-corrected chi connectivity index (χ0v) is 20.1. The Bertz CT molecular complexity index is 1300. The summed E-state index contributed by atoms with van der Waals surface area (Å²) in [5, 5.41) is 12.7. The van der Waals surface area contributed by atoms with E-state index in [0.717, 1.165) is 34.3 Å². The summed E-state index contributed by atoms with van der Waals surface area (Å²) in [6.07, 6.45) is 5.28. The standard InChI is InChI=1S/C26H29N5O5/c1-17-12-18(15-30-16-27-14-22(17)30)13-23(24(32)33)36-26(35)29-9-7-20(8-10-29)31-11-6-19-4-2-3-5-21(19)28-25(31)34/h2-5,12,14-16,20,23H,6-11,13H2,1H3,(H,28,34)(H,32,33)/t23-/m1/s1. The van der Waals surface area contributed by atoms with E-state index in [2.05, 4.69) is 10.3 Å². The molecule has 10 nitrogen and oxygen atoms in total. The number of amides is 3. The van der Waals surface area contributed by atoms with Crippen LogP contribution in [0.25, 0.3) is 5.52 Å². The maximum atomic E-state index is 12.8. The number of carboxylic acid groups (broad SMARTS) is 1. The average Bonchev–Trinajstić information content (AvgIpc) is 3.27. The number of hydrogen-bond donors (Lipinski definition) is 2. The van der Waals surface area contributed by atoms with E-state index in [1.54, 1.807) is 18.7 Å². The van der Waals surface area contributed by atoms with Gasteiger partial charge < -0.3 is 29.4 Å². The highest BCUT2D eigenvalue weighted by Crippen LogP contribution is 2.25. The van der Waals surface area contributed by atoms with E-state index in [4.69, 9.17) is 4.74 Å². The van der Waals surface area contributed by atoms with Crippen LogP contribution in [-0.2, 0) is 22.4 Å². The number of likely N-dealkylation sites (tertiary alicyclic amines) is 1. The number of piperidine rings is 1. The molecule has 2 aromatic heterocycles. The van der Waals surface area contributed by atoms with Gasteiger partial charge in [-0.25, -0.2) is 19.4 Å². The van der Waals surface area contributed by atoms with Gasteiger partial charge in [-0.3, -0.25) is 0 Å². The monoisotopic (exact) mass is 491 g/mol. The van der Waals surface area contributed by atoms with Crippen molar-refractivity contribution in [2.75, 3.05) is 25.0 Å². The van der Waals surface area contributed by atoms with Crippen LogP contribution in [0.4, 0.5) is 15.3 Å². The first-order valence-electron chi connectivity index (χ1n) is 12.1. The lowest BCUT2D eigenvalue weighted by molar-refractivity contribution is -0.147. The molecule has 36 heavy (non-hydrogen) atoms. The van der Waals surface area contributed by atoms with Crippen molar-refractivity contribution in [1.29, 1.82) is 0 Å². The van der Waals surface area contributed by atoms with E-state index < -0.39 is 18.2 Å². The Labute approximate surface area is 208 Å². The zero-order chi connectivity index (χ0) is 25.2. The molecular formula is C26H29N5O5. The summed E-state index contributed by atoms with van der Waals surface area (Å²) >= 11 is 0. The zero-order valence-electron chi connectivity index (χ0n) is 20.1. The lowest BCUT2D eigenvalue weighted by Gasteiger charge is -2.37. The third kappa shape index (κ3) is 4.84. The summed E-state index contributed by atoms with van der Waals surface area (Å²) in [6, 6.07) is 9.55. The molecule has 1 fully saturated rings. The Morgan fingerprint density at radius 2 is 2.00 bits per heavy atom. The number of urea groups is 1. The number of nitrogens with zero attached hydrogens (tertiary/aromatic N) is 4. The van der Waals surface area contributed by atoms with E-state index in [1.165, 1.54) is 4.90 Å². The predicted octanol–water partition coefficient (Wildman–Crippen LogP) is 3.33. The molecule has 1 saturated heterocycles. The second-order valence-corrected chi connectivity index (χ2v) is 9.38. The van der Waals surface area contributed by atoms with Gasteiger partial charge >= 0.3 is 18.1 Å². The number of imidazole rings is 1. The van der Waals surface area contributed by atoms with Crippen LogP contribution in [0, 0.1) is 6.92 Å². The molecule has 2 aliphatic heterocycles. The summed E-state index contributed by atoms with van der Waals surface area (Å²) < 4.78 is 7.25. The molecule has 0 bridgehead atoms. The van der Waals surface area contributed by atoms with Gasteiger partial charge in [-0.05, 0) is 48.9 Å². The Morgan fingerprint density at radius 1 is 1.22 bits per heavy atom. The fourth-order valence-electron chi connectivity index (χ4n) is 5.08. The van der Waals surface area contributed by atoms with E-state index in [-0.39, 0.29) is 18.5 Å². The first-order valence-corrected chi connectivity index (χ1v) is 12.1. The van der Waals surface area contributed by atoms with E-state index >= 15 is 0 Å². The molecule has 0 radical (unpaired) electrons. The SMILES string of the molecule is Cc1cc(C[C@@H](OC(=O)N2CCC(N3CCc4ccccc4NC3=O)CC2)C(=O)O)cn2cncc12. The average molecular weight is 492 g/mol. The van der Waals surface area contributed by atoms with E-state index in [9.17, 15) is 19.5 Å². The lowest BCUT2D eigenvalue weighted by Crippen LogP contribution is -2.50. The third-order valence-corrected chi connectivity index (χ3v) is 7.02. The number of carboxylic acids is 1. The molecule has 1 atom stereocenters. The van der Waals surface area contributed by atoms with Gasteiger partial charge in [-0.15, -0.1) is 0 Å². The quantitative estimate of drug-likeness (QED) is 0.566. The molecule has 0 saturated carbocycles. The number of aromatic nitrogens is 2. The van der Waals surface area contributed by atoms with Crippen molar-refractivity contribution in [3.05, 3.63) is 65.7 Å². The maximum Gasteiger partial charge on any atom is 0.410 e. The van der Waals surface area contributed by atoms with Crippen LogP contribution < -0.4 is 5.32 Å². The van der Waals surface area contributed by atoms with Gasteiger partial charge in [0.25, 0.3) is 0 Å². The normalized spacial score (nSPS) is 17.3. The first-order chi connectivity index (χ1) is 17.4. The van der Waals surface area contributed by atoms with Crippen LogP contribution in [0.15, 0.2) is 49.1 Å². The van der Waals surface area contributed by atoms with Crippen LogP contribution in [0.5, 0.6) is 0 Å². The van der Waals surface area contributed by atoms with Crippen molar-refractivity contribution in [1.82, 2.24) is 19.2 Å². The van der Waals surface area contributed by atoms with Crippen molar-refractivity contribution in [2.24, 2.45) is 0 Å². The molecule has 4 heterocycles. The number of fused-ring (bicyclic) bond motifs is 2. The van der Waals surface area contributed by atoms with Gasteiger partial charge in [-0.2, -0.15) is 0 Å². The van der Waals surface area contributed by atoms with Crippen molar-refractivity contribution >= 4 is 29.3 Å². The van der Waals surface area contributed by atoms with Crippen LogP contribution in [0.3, 0.4) is 0 Å². The fourth-order valence-corrected chi connectivity index (χ4v) is 5.08. The lowest BCUT2D eigenvalue weighted by atomic mass is 10.0. The fraction of sp³-hybridized carbons (Fsp3) is 0.385. The molecule has 3 aromatic rings. The molecule has 10 heteroatoms. The van der Waals surface area contributed by atoms with Crippen LogP contribution in [0.2, 0.25) is 0 Å². The smallest absolute Gasteiger partial charge is 0.410 e. The number of benzene rings is 1. The highest BCUT2D eigenvalue weighted by molar-refractivity contribution is 5.91. The maximum absolute atomic E-state index is 12.8. The number of aryl methyl sites for hydroxylation is 1. The minimum atomic E-state index is -1.30. The Balaban J connectivity index is 1.18. The summed E-state index contributed by atoms with van der Waals surface area (Å²) in [6.45, 7) is 3.33. The molecule has 3 amide bonds. The van der Waals surface area contributed by atoms with Gasteiger partial charge in [0.1, 0.15) is 0 Å². The van der Waals surface area contributed by atoms with Gasteiger partial charge in [-0.1, -0.05) is 24.3 Å². The number of aliphatic carboxylic acids is 1. The molecule has 0 aliphatic carbocycles. The number of rotatable bonds is 5. The summed E-state index contributed by atoms with van der Waals surface area (Å²) in [5.74, 6) is -1.19. The topological polar surface area (TPSA) is 116 Å². The molecule has 2 N–H and O–H groups in total. The summed E-state index contributed by atoms with van der Waals surface area (Å²) in [4.78, 5) is 45.0. The minimum absolute atomic E-state index is 0.00326. The second kappa shape index (κ2) is 9.88.